The number of nitrogens with zero attached hydrogens (tertiary/aromatic N) is 1. The first-order valence-corrected chi connectivity index (χ1v) is 2.81. The Morgan fingerprint density at radius 2 is 2.30 bits per heavy atom. The van der Waals surface area contributed by atoms with E-state index in [4.69, 9.17) is 10.8 Å². The van der Waals surface area contributed by atoms with Gasteiger partial charge in [-0.25, -0.2) is 0 Å². The monoisotopic (exact) mass is 145 g/mol. The maximum Gasteiger partial charge on any atom is 0.245 e. The van der Waals surface area contributed by atoms with Crippen LogP contribution in [0.4, 0.5) is 0 Å². The lowest BCUT2D eigenvalue weighted by molar-refractivity contribution is -0.115. The number of carbonyl (C=O) groups excluding carboxylic acids is 1. The van der Waals surface area contributed by atoms with Crippen LogP contribution in [0, 0.1) is 0 Å². The molecule has 10 heavy (non-hydrogen) atoms. The summed E-state index contributed by atoms with van der Waals surface area (Å²) in [6.07, 6.45) is -0.789. The Kier molecular flexibility index (Phi) is 3.42. The first-order valence-electron chi connectivity index (χ1n) is 2.81. The van der Waals surface area contributed by atoms with E-state index in [0.717, 1.165) is 0 Å². The lowest BCUT2D eigenvalue weighted by Gasteiger charge is -2.05. The van der Waals surface area contributed by atoms with Gasteiger partial charge in [-0.05, 0) is 6.92 Å². The zero-order valence-corrected chi connectivity index (χ0v) is 5.96. The quantitative estimate of drug-likeness (QED) is 0.245. The number of aliphatic hydroxyl groups excluding tert-OH is 1. The maximum absolute atomic E-state index is 10.2. The van der Waals surface area contributed by atoms with Gasteiger partial charge in [0.15, 0.2) is 5.96 Å². The highest BCUT2D eigenvalue weighted by Gasteiger charge is 1.96. The van der Waals surface area contributed by atoms with Gasteiger partial charge >= 0.3 is 0 Å². The molecule has 0 aromatic carbocycles. The van der Waals surface area contributed by atoms with Gasteiger partial charge in [-0.1, -0.05) is 0 Å². The van der Waals surface area contributed by atoms with E-state index in [1.54, 1.807) is 0 Å². The Labute approximate surface area is 58.9 Å². The second-order valence-corrected chi connectivity index (χ2v) is 1.84. The summed E-state index contributed by atoms with van der Waals surface area (Å²) in [5.74, 6) is -0.465. The molecule has 1 atom stereocenters. The molecule has 0 spiro atoms. The van der Waals surface area contributed by atoms with Crippen LogP contribution in [0.1, 0.15) is 13.8 Å². The van der Waals surface area contributed by atoms with Crippen molar-refractivity contribution in [3.05, 3.63) is 0 Å². The highest BCUT2D eigenvalue weighted by atomic mass is 16.3. The Balaban J connectivity index is 3.83. The first-order chi connectivity index (χ1) is 4.52. The average molecular weight is 145 g/mol. The van der Waals surface area contributed by atoms with E-state index in [-0.39, 0.29) is 5.96 Å². The lowest BCUT2D eigenvalue weighted by Crippen LogP contribution is -2.38. The predicted octanol–water partition coefficient (Wildman–Crippen LogP) is -1.22. The average Bonchev–Trinajstić information content (AvgIpc) is 1.58. The topological polar surface area (TPSA) is 87.7 Å². The summed E-state index contributed by atoms with van der Waals surface area (Å²) >= 11 is 0. The fraction of sp³-hybridized carbons (Fsp3) is 0.600. The number of nitrogens with one attached hydrogen (secondary N) is 1. The van der Waals surface area contributed by atoms with Crippen molar-refractivity contribution >= 4 is 11.9 Å². The summed E-state index contributed by atoms with van der Waals surface area (Å²) in [6.45, 7) is 2.75. The second-order valence-electron chi connectivity index (χ2n) is 1.84. The minimum atomic E-state index is -0.789. The van der Waals surface area contributed by atoms with E-state index in [1.165, 1.54) is 13.8 Å². The van der Waals surface area contributed by atoms with E-state index >= 15 is 0 Å². The van der Waals surface area contributed by atoms with Crippen molar-refractivity contribution in [2.45, 2.75) is 20.1 Å². The van der Waals surface area contributed by atoms with Gasteiger partial charge in [-0.3, -0.25) is 4.79 Å². The molecule has 0 aliphatic heterocycles. The molecule has 5 nitrogen and oxygen atoms in total. The van der Waals surface area contributed by atoms with Crippen LogP contribution in [0.15, 0.2) is 4.99 Å². The van der Waals surface area contributed by atoms with Gasteiger partial charge in [0.2, 0.25) is 5.91 Å². The molecular formula is C5H11N3O2. The van der Waals surface area contributed by atoms with Crippen LogP contribution in [0.5, 0.6) is 0 Å². The summed E-state index contributed by atoms with van der Waals surface area (Å²) in [4.78, 5) is 13.5. The van der Waals surface area contributed by atoms with Gasteiger partial charge in [0.25, 0.3) is 0 Å². The second kappa shape index (κ2) is 3.84. The van der Waals surface area contributed by atoms with E-state index in [2.05, 4.69) is 10.3 Å². The number of hydrogen-bond acceptors (Lipinski definition) is 2. The van der Waals surface area contributed by atoms with Crippen LogP contribution in [0.2, 0.25) is 0 Å². The molecule has 58 valence electrons. The van der Waals surface area contributed by atoms with Gasteiger partial charge < -0.3 is 16.2 Å². The Hall–Kier alpha value is -1.10. The number of rotatable bonds is 1. The molecule has 0 aromatic rings. The summed E-state index contributed by atoms with van der Waals surface area (Å²) < 4.78 is 0. The third-order valence-corrected chi connectivity index (χ3v) is 0.635. The van der Waals surface area contributed by atoms with E-state index < -0.39 is 12.1 Å². The van der Waals surface area contributed by atoms with Crippen LogP contribution in [-0.4, -0.2) is 23.2 Å². The van der Waals surface area contributed by atoms with Crippen LogP contribution in [0.3, 0.4) is 0 Å². The van der Waals surface area contributed by atoms with Crippen LogP contribution >= 0.6 is 0 Å². The first kappa shape index (κ1) is 8.90. The van der Waals surface area contributed by atoms with E-state index in [1.807, 2.05) is 0 Å². The van der Waals surface area contributed by atoms with Crippen LogP contribution in [-0.2, 0) is 4.79 Å². The minimum absolute atomic E-state index is 0.0671. The fourth-order valence-electron chi connectivity index (χ4n) is 0.416. The largest absolute Gasteiger partial charge is 0.374 e. The molecule has 0 saturated heterocycles. The predicted molar refractivity (Wildman–Crippen MR) is 37.1 cm³/mol. The van der Waals surface area contributed by atoms with E-state index in [9.17, 15) is 4.79 Å². The Morgan fingerprint density at radius 1 is 1.80 bits per heavy atom. The molecule has 4 N–H and O–H groups in total. The fourth-order valence-corrected chi connectivity index (χ4v) is 0.416. The number of carbonyl (C=O) groups is 1. The van der Waals surface area contributed by atoms with Crippen molar-refractivity contribution in [3.8, 4) is 0 Å². The third-order valence-electron chi connectivity index (χ3n) is 0.635. The molecule has 1 unspecified atom stereocenters. The van der Waals surface area contributed by atoms with Crippen molar-refractivity contribution in [2.24, 2.45) is 10.7 Å². The van der Waals surface area contributed by atoms with Gasteiger partial charge in [-0.15, -0.1) is 0 Å². The maximum atomic E-state index is 10.2. The molecule has 0 heterocycles. The molecule has 0 aliphatic carbocycles. The van der Waals surface area contributed by atoms with Gasteiger partial charge in [0, 0.05) is 6.92 Å². The number of guanidine groups is 1. The normalized spacial score (nSPS) is 14.5. The van der Waals surface area contributed by atoms with Crippen molar-refractivity contribution in [1.82, 2.24) is 5.32 Å². The van der Waals surface area contributed by atoms with Crippen molar-refractivity contribution in [1.29, 1.82) is 0 Å². The molecule has 1 amide bonds. The van der Waals surface area contributed by atoms with Gasteiger partial charge in [-0.2, -0.15) is 4.99 Å². The summed E-state index contributed by atoms with van der Waals surface area (Å²) in [6, 6.07) is 0. The zero-order chi connectivity index (χ0) is 8.15. The minimum Gasteiger partial charge on any atom is -0.374 e. The summed E-state index contributed by atoms with van der Waals surface area (Å²) in [7, 11) is 0. The van der Waals surface area contributed by atoms with Crippen LogP contribution < -0.4 is 11.1 Å². The van der Waals surface area contributed by atoms with Crippen molar-refractivity contribution < 1.29 is 9.90 Å². The molecule has 0 fully saturated rings. The number of nitrogens with two attached hydrogens (primary N) is 1. The lowest BCUT2D eigenvalue weighted by atomic mass is 10.6. The number of amides is 1. The van der Waals surface area contributed by atoms with Gasteiger partial charge in [0.1, 0.15) is 6.23 Å². The molecule has 0 saturated carbocycles. The van der Waals surface area contributed by atoms with Crippen molar-refractivity contribution in [3.63, 3.8) is 0 Å². The highest BCUT2D eigenvalue weighted by molar-refractivity contribution is 5.91. The molecule has 0 radical (unpaired) electrons. The van der Waals surface area contributed by atoms with Gasteiger partial charge in [0.05, 0.1) is 0 Å². The number of hydrogen-bond donors (Lipinski definition) is 3. The highest BCUT2D eigenvalue weighted by Crippen LogP contribution is 1.73. The molecule has 0 aromatic heterocycles. The molecule has 5 heteroatoms. The molecular weight excluding hydrogens is 134 g/mol. The van der Waals surface area contributed by atoms with E-state index in [0.29, 0.717) is 0 Å². The smallest absolute Gasteiger partial charge is 0.245 e. The SMILES string of the molecule is CC(=O)/N=C(/N)NC(C)O. The van der Waals surface area contributed by atoms with Crippen LogP contribution in [0.25, 0.3) is 0 Å². The third kappa shape index (κ3) is 5.04. The standard InChI is InChI=1S/C5H11N3O2/c1-3(9)7-5(6)8-4(2)10/h3,9H,1-2H3,(H3,6,7,8,10). The zero-order valence-electron chi connectivity index (χ0n) is 5.96. The molecule has 0 aliphatic rings. The Morgan fingerprint density at radius 3 is 2.60 bits per heavy atom. The summed E-state index contributed by atoms with van der Waals surface area (Å²) in [5.41, 5.74) is 5.13. The number of aliphatic hydroxyl groups is 1. The summed E-state index contributed by atoms with van der Waals surface area (Å²) in [5, 5.41) is 11.0. The number of aliphatic imine (C=N–C) groups is 1. The Bertz CT molecular complexity index is 153. The molecule has 0 rings (SSSR count). The molecule has 0 bridgehead atoms. The van der Waals surface area contributed by atoms with Crippen molar-refractivity contribution in [2.75, 3.05) is 0 Å².